The first-order chi connectivity index (χ1) is 22.8. The fraction of sp³-hybridized carbons (Fsp3) is 0.611. The van der Waals surface area contributed by atoms with Gasteiger partial charge in [0.25, 0.3) is 0 Å². The van der Waals surface area contributed by atoms with Crippen LogP contribution in [0.4, 0.5) is 0 Å². The molecular weight excluding hydrogens is 623 g/mol. The van der Waals surface area contributed by atoms with Gasteiger partial charge in [0, 0.05) is 12.8 Å². The van der Waals surface area contributed by atoms with Crippen molar-refractivity contribution in [1.82, 2.24) is 0 Å². The number of carbonyl (C=O) groups is 2. The maximum absolute atomic E-state index is 12.2. The number of ether oxygens (including phenoxy) is 2. The standard InChI is InChI=1S/C36H59O10P/c1-3-5-7-9-10-11-12-13-14-15-16-17-18-19-20-21-22-24-26-28-36(40)46-34(30-38)32-44-47(41,42)43-31-33(29-37)45-35(39)27-25-23-8-6-4-2/h5,7,10-11,13-14,16-17,19-20,22,24,33-34,37-38H,3-4,6,8-9,12,15,18,21,23,25-32H2,1-2H3,(H,41,42)/b7-5-,11-10-,14-13-,17-16-,20-19-,24-22-. The molecule has 0 aromatic carbocycles. The Kier molecular flexibility index (Phi) is 30.2. The Morgan fingerprint density at radius 3 is 1.43 bits per heavy atom. The van der Waals surface area contributed by atoms with Crippen LogP contribution in [-0.4, -0.2) is 65.7 Å². The van der Waals surface area contributed by atoms with Gasteiger partial charge in [-0.15, -0.1) is 0 Å². The summed E-state index contributed by atoms with van der Waals surface area (Å²) in [6, 6.07) is 0. The van der Waals surface area contributed by atoms with Gasteiger partial charge in [0.15, 0.2) is 0 Å². The van der Waals surface area contributed by atoms with Crippen LogP contribution in [0.25, 0.3) is 0 Å². The molecule has 3 atom stereocenters. The largest absolute Gasteiger partial charge is 0.472 e. The van der Waals surface area contributed by atoms with Gasteiger partial charge in [0.2, 0.25) is 0 Å². The van der Waals surface area contributed by atoms with Crippen LogP contribution in [0.15, 0.2) is 72.9 Å². The molecule has 0 amide bonds. The molecule has 0 heterocycles. The summed E-state index contributed by atoms with van der Waals surface area (Å²) in [6.07, 6.45) is 33.8. The number of aliphatic hydroxyl groups excluding tert-OH is 2. The van der Waals surface area contributed by atoms with Crippen LogP contribution >= 0.6 is 7.82 Å². The second kappa shape index (κ2) is 32.0. The summed E-state index contributed by atoms with van der Waals surface area (Å²) in [5.41, 5.74) is 0. The highest BCUT2D eigenvalue weighted by Gasteiger charge is 2.27. The number of carbonyl (C=O) groups excluding carboxylic acids is 2. The molecule has 0 saturated heterocycles. The van der Waals surface area contributed by atoms with Gasteiger partial charge in [0.1, 0.15) is 12.2 Å². The normalized spacial score (nSPS) is 15.1. The second-order valence-corrected chi connectivity index (χ2v) is 12.2. The molecule has 0 fully saturated rings. The topological polar surface area (TPSA) is 149 Å². The first-order valence-electron chi connectivity index (χ1n) is 16.9. The molecule has 47 heavy (non-hydrogen) atoms. The number of rotatable bonds is 30. The van der Waals surface area contributed by atoms with Crippen molar-refractivity contribution >= 4 is 19.8 Å². The number of phosphoric ester groups is 1. The number of esters is 2. The third-order valence-corrected chi connectivity index (χ3v) is 7.40. The van der Waals surface area contributed by atoms with Gasteiger partial charge in [-0.05, 0) is 51.4 Å². The number of aliphatic hydroxyl groups is 2. The monoisotopic (exact) mass is 682 g/mol. The minimum absolute atomic E-state index is 0.0636. The van der Waals surface area contributed by atoms with E-state index in [1.807, 2.05) is 18.2 Å². The van der Waals surface area contributed by atoms with Crippen molar-refractivity contribution in [1.29, 1.82) is 0 Å². The Morgan fingerprint density at radius 2 is 1.00 bits per heavy atom. The lowest BCUT2D eigenvalue weighted by Crippen LogP contribution is -2.28. The highest BCUT2D eigenvalue weighted by Crippen LogP contribution is 2.43. The number of phosphoric acid groups is 1. The van der Waals surface area contributed by atoms with Crippen molar-refractivity contribution in [3.63, 3.8) is 0 Å². The Hall–Kier alpha value is -2.59. The molecule has 11 heteroatoms. The predicted molar refractivity (Wildman–Crippen MR) is 186 cm³/mol. The summed E-state index contributed by atoms with van der Waals surface area (Å²) in [4.78, 5) is 34.0. The van der Waals surface area contributed by atoms with Gasteiger partial charge in [-0.3, -0.25) is 18.6 Å². The Morgan fingerprint density at radius 1 is 0.596 bits per heavy atom. The number of unbranched alkanes of at least 4 members (excludes halogenated alkanes) is 4. The quantitative estimate of drug-likeness (QED) is 0.0297. The molecule has 0 aliphatic heterocycles. The molecule has 0 aromatic heterocycles. The third-order valence-electron chi connectivity index (χ3n) is 6.45. The lowest BCUT2D eigenvalue weighted by molar-refractivity contribution is -0.153. The van der Waals surface area contributed by atoms with Gasteiger partial charge in [0.05, 0.1) is 26.4 Å². The molecular formula is C36H59O10P. The van der Waals surface area contributed by atoms with Gasteiger partial charge in [-0.25, -0.2) is 4.57 Å². The van der Waals surface area contributed by atoms with Crippen LogP contribution in [0.5, 0.6) is 0 Å². The summed E-state index contributed by atoms with van der Waals surface area (Å²) in [5, 5.41) is 18.9. The van der Waals surface area contributed by atoms with E-state index in [1.165, 1.54) is 0 Å². The van der Waals surface area contributed by atoms with Crippen molar-refractivity contribution in [3.8, 4) is 0 Å². The average Bonchev–Trinajstić information content (AvgIpc) is 3.05. The van der Waals surface area contributed by atoms with Crippen LogP contribution in [-0.2, 0) is 32.7 Å². The van der Waals surface area contributed by atoms with Crippen molar-refractivity contribution in [2.24, 2.45) is 0 Å². The van der Waals surface area contributed by atoms with E-state index < -0.39 is 58.4 Å². The first-order valence-corrected chi connectivity index (χ1v) is 18.4. The molecule has 268 valence electrons. The maximum atomic E-state index is 12.2. The zero-order valence-corrected chi connectivity index (χ0v) is 29.4. The van der Waals surface area contributed by atoms with Crippen molar-refractivity contribution in [3.05, 3.63) is 72.9 Å². The van der Waals surface area contributed by atoms with E-state index >= 15 is 0 Å². The van der Waals surface area contributed by atoms with Crippen LogP contribution in [0.3, 0.4) is 0 Å². The molecule has 0 radical (unpaired) electrons. The van der Waals surface area contributed by atoms with Gasteiger partial charge in [-0.2, -0.15) is 0 Å². The molecule has 0 spiro atoms. The fourth-order valence-electron chi connectivity index (χ4n) is 3.84. The number of hydrogen-bond acceptors (Lipinski definition) is 9. The van der Waals surface area contributed by atoms with Gasteiger partial charge >= 0.3 is 19.8 Å². The molecule has 0 saturated carbocycles. The van der Waals surface area contributed by atoms with E-state index in [0.717, 1.165) is 64.2 Å². The number of allylic oxidation sites excluding steroid dienone is 12. The summed E-state index contributed by atoms with van der Waals surface area (Å²) >= 11 is 0. The van der Waals surface area contributed by atoms with Crippen LogP contribution in [0.1, 0.15) is 104 Å². The summed E-state index contributed by atoms with van der Waals surface area (Å²) in [6.45, 7) is 1.84. The molecule has 0 aliphatic rings. The Balaban J connectivity index is 4.13. The molecule has 0 bridgehead atoms. The Bertz CT molecular complexity index is 1020. The zero-order valence-electron chi connectivity index (χ0n) is 28.5. The maximum Gasteiger partial charge on any atom is 0.472 e. The minimum Gasteiger partial charge on any atom is -0.457 e. The summed E-state index contributed by atoms with van der Waals surface area (Å²) in [5.74, 6) is -1.13. The summed E-state index contributed by atoms with van der Waals surface area (Å²) < 4.78 is 32.0. The molecule has 3 N–H and O–H groups in total. The van der Waals surface area contributed by atoms with Gasteiger partial charge in [-0.1, -0.05) is 112 Å². The molecule has 0 aromatic rings. The molecule has 3 unspecified atom stereocenters. The second-order valence-electron chi connectivity index (χ2n) is 10.8. The van der Waals surface area contributed by atoms with E-state index in [0.29, 0.717) is 12.8 Å². The van der Waals surface area contributed by atoms with E-state index in [4.69, 9.17) is 18.5 Å². The van der Waals surface area contributed by atoms with E-state index in [9.17, 15) is 29.3 Å². The third kappa shape index (κ3) is 30.5. The van der Waals surface area contributed by atoms with Crippen LogP contribution in [0, 0.1) is 0 Å². The predicted octanol–water partition coefficient (Wildman–Crippen LogP) is 7.77. The minimum atomic E-state index is -4.64. The number of hydrogen-bond donors (Lipinski definition) is 3. The molecule has 0 aliphatic carbocycles. The molecule has 0 rings (SSSR count). The first kappa shape index (κ1) is 44.4. The lowest BCUT2D eigenvalue weighted by Gasteiger charge is -2.20. The SMILES string of the molecule is CC/C=C\C/C=C\C/C=C\C/C=C\C/C=C\C/C=C\CCC(=O)OC(CO)COP(=O)(O)OCC(CO)OC(=O)CCCCCCC. The zero-order chi connectivity index (χ0) is 34.9. The van der Waals surface area contributed by atoms with Crippen molar-refractivity contribution < 1.29 is 47.8 Å². The molecule has 10 nitrogen and oxygen atoms in total. The fourth-order valence-corrected chi connectivity index (χ4v) is 4.63. The van der Waals surface area contributed by atoms with E-state index in [1.54, 1.807) is 0 Å². The van der Waals surface area contributed by atoms with Crippen LogP contribution in [0.2, 0.25) is 0 Å². The van der Waals surface area contributed by atoms with E-state index in [2.05, 4.69) is 68.5 Å². The highest BCUT2D eigenvalue weighted by atomic mass is 31.2. The summed E-state index contributed by atoms with van der Waals surface area (Å²) in [7, 11) is -4.64. The lowest BCUT2D eigenvalue weighted by atomic mass is 10.1. The average molecular weight is 683 g/mol. The van der Waals surface area contributed by atoms with Crippen molar-refractivity contribution in [2.45, 2.75) is 116 Å². The highest BCUT2D eigenvalue weighted by molar-refractivity contribution is 7.47. The van der Waals surface area contributed by atoms with Crippen LogP contribution < -0.4 is 0 Å². The smallest absolute Gasteiger partial charge is 0.457 e. The Labute approximate surface area is 282 Å². The van der Waals surface area contributed by atoms with Gasteiger partial charge < -0.3 is 24.6 Å². The van der Waals surface area contributed by atoms with E-state index in [-0.39, 0.29) is 12.8 Å². The van der Waals surface area contributed by atoms with Crippen molar-refractivity contribution in [2.75, 3.05) is 26.4 Å².